The zero-order valence-electron chi connectivity index (χ0n) is 16.2. The smallest absolute Gasteiger partial charge is 0.0930 e. The van der Waals surface area contributed by atoms with Gasteiger partial charge in [0.2, 0.25) is 0 Å². The lowest BCUT2D eigenvalue weighted by molar-refractivity contribution is -0.185. The summed E-state index contributed by atoms with van der Waals surface area (Å²) in [5.74, 6) is 0.389. The first kappa shape index (κ1) is 19.8. The highest BCUT2D eigenvalue weighted by molar-refractivity contribution is 5.28. The van der Waals surface area contributed by atoms with E-state index in [9.17, 15) is 5.11 Å². The molecular formula is C22H35NO3. The summed E-state index contributed by atoms with van der Waals surface area (Å²) in [5.41, 5.74) is 7.99. The van der Waals surface area contributed by atoms with Crippen molar-refractivity contribution < 1.29 is 14.6 Å². The molecule has 0 aromatic heterocycles. The van der Waals surface area contributed by atoms with Crippen LogP contribution in [0.2, 0.25) is 0 Å². The number of nitrogens with two attached hydrogens (primary N) is 1. The van der Waals surface area contributed by atoms with E-state index in [0.717, 1.165) is 32.1 Å². The lowest BCUT2D eigenvalue weighted by Crippen LogP contribution is -2.48. The topological polar surface area (TPSA) is 64.7 Å². The highest BCUT2D eigenvalue weighted by Crippen LogP contribution is 2.52. The van der Waals surface area contributed by atoms with Crippen molar-refractivity contribution in [1.82, 2.24) is 0 Å². The Kier molecular flexibility index (Phi) is 6.73. The van der Waals surface area contributed by atoms with Gasteiger partial charge in [0.05, 0.1) is 24.4 Å². The molecule has 0 amide bonds. The maximum atomic E-state index is 10.0. The third kappa shape index (κ3) is 4.48. The van der Waals surface area contributed by atoms with E-state index in [4.69, 9.17) is 15.2 Å². The Morgan fingerprint density at radius 1 is 1.35 bits per heavy atom. The van der Waals surface area contributed by atoms with Gasteiger partial charge in [-0.25, -0.2) is 0 Å². The van der Waals surface area contributed by atoms with Crippen LogP contribution in [0.3, 0.4) is 0 Å². The molecule has 2 saturated heterocycles. The van der Waals surface area contributed by atoms with Crippen LogP contribution in [0.5, 0.6) is 0 Å². The number of aliphatic hydroxyl groups is 1. The van der Waals surface area contributed by atoms with E-state index in [1.165, 1.54) is 31.3 Å². The van der Waals surface area contributed by atoms with Crippen molar-refractivity contribution >= 4 is 0 Å². The summed E-state index contributed by atoms with van der Waals surface area (Å²) >= 11 is 0. The lowest BCUT2D eigenvalue weighted by Gasteiger charge is -2.43. The van der Waals surface area contributed by atoms with Gasteiger partial charge >= 0.3 is 0 Å². The van der Waals surface area contributed by atoms with Gasteiger partial charge in [-0.3, -0.25) is 0 Å². The molecule has 4 heteroatoms. The maximum Gasteiger partial charge on any atom is 0.0930 e. The quantitative estimate of drug-likeness (QED) is 0.511. The van der Waals surface area contributed by atoms with E-state index in [2.05, 4.69) is 18.2 Å². The standard InChI is InChI=1S/C22H35NO3/c1-25-17-22-12-11-21(16-24,26-22)14-20(15-22)19(8-5-13-23)10-9-18-6-3-2-4-7-18/h5-6,8,10,20,24H,2-4,7,9,11-17,23H2,1H3/b8-5-,19-10+/t20-,21+,22-/m0/s1. The van der Waals surface area contributed by atoms with Crippen LogP contribution in [-0.2, 0) is 9.47 Å². The number of fused-ring (bicyclic) bond motifs is 2. The normalized spacial score (nSPS) is 35.1. The molecule has 0 aromatic carbocycles. The summed E-state index contributed by atoms with van der Waals surface area (Å²) in [6.07, 6.45) is 18.9. The van der Waals surface area contributed by atoms with Gasteiger partial charge in [0, 0.05) is 13.7 Å². The summed E-state index contributed by atoms with van der Waals surface area (Å²) in [5, 5.41) is 10.0. The Hall–Kier alpha value is -0.940. The number of hydrogen-bond acceptors (Lipinski definition) is 4. The first-order chi connectivity index (χ1) is 12.6. The number of ether oxygens (including phenoxy) is 2. The van der Waals surface area contributed by atoms with Gasteiger partial charge in [0.25, 0.3) is 0 Å². The van der Waals surface area contributed by atoms with Crippen molar-refractivity contribution in [2.45, 2.75) is 69.0 Å². The number of hydrogen-bond donors (Lipinski definition) is 2. The van der Waals surface area contributed by atoms with Gasteiger partial charge in [0.15, 0.2) is 0 Å². The third-order valence-corrected chi connectivity index (χ3v) is 6.30. The minimum absolute atomic E-state index is 0.0913. The second-order valence-corrected chi connectivity index (χ2v) is 8.32. The molecule has 3 N–H and O–H groups in total. The van der Waals surface area contributed by atoms with Gasteiger partial charge in [-0.2, -0.15) is 0 Å². The van der Waals surface area contributed by atoms with Gasteiger partial charge in [-0.05, 0) is 69.3 Å². The highest BCUT2D eigenvalue weighted by Gasteiger charge is 2.55. The minimum atomic E-state index is -0.402. The third-order valence-electron chi connectivity index (χ3n) is 6.30. The maximum absolute atomic E-state index is 10.0. The number of aliphatic hydroxyl groups excluding tert-OH is 1. The Labute approximate surface area is 158 Å². The molecule has 2 bridgehead atoms. The molecule has 0 spiro atoms. The van der Waals surface area contributed by atoms with Gasteiger partial charge in [-0.15, -0.1) is 0 Å². The Morgan fingerprint density at radius 2 is 2.15 bits per heavy atom. The molecule has 1 aliphatic carbocycles. The van der Waals surface area contributed by atoms with Crippen LogP contribution in [0.25, 0.3) is 0 Å². The number of rotatable bonds is 8. The van der Waals surface area contributed by atoms with Crippen molar-refractivity contribution in [2.24, 2.45) is 11.7 Å². The Balaban J connectivity index is 1.81. The molecule has 0 unspecified atom stereocenters. The average molecular weight is 362 g/mol. The fraction of sp³-hybridized carbons (Fsp3) is 0.727. The van der Waals surface area contributed by atoms with Gasteiger partial charge < -0.3 is 20.3 Å². The monoisotopic (exact) mass is 361 g/mol. The van der Waals surface area contributed by atoms with E-state index >= 15 is 0 Å². The highest BCUT2D eigenvalue weighted by atomic mass is 16.6. The molecule has 2 aliphatic heterocycles. The first-order valence-corrected chi connectivity index (χ1v) is 10.2. The lowest BCUT2D eigenvalue weighted by atomic mass is 9.78. The van der Waals surface area contributed by atoms with Crippen molar-refractivity contribution in [3.63, 3.8) is 0 Å². The summed E-state index contributed by atoms with van der Waals surface area (Å²) in [6.45, 7) is 1.25. The number of methoxy groups -OCH3 is 1. The molecule has 2 fully saturated rings. The van der Waals surface area contributed by atoms with Crippen molar-refractivity contribution in [2.75, 3.05) is 26.9 Å². The average Bonchev–Trinajstić information content (AvgIpc) is 2.94. The molecular weight excluding hydrogens is 326 g/mol. The number of allylic oxidation sites excluding steroid dienone is 5. The summed E-state index contributed by atoms with van der Waals surface area (Å²) < 4.78 is 11.9. The van der Waals surface area contributed by atoms with E-state index in [0.29, 0.717) is 19.1 Å². The largest absolute Gasteiger partial charge is 0.393 e. The summed E-state index contributed by atoms with van der Waals surface area (Å²) in [4.78, 5) is 0. The van der Waals surface area contributed by atoms with E-state index in [-0.39, 0.29) is 12.2 Å². The Morgan fingerprint density at radius 3 is 2.85 bits per heavy atom. The molecule has 26 heavy (non-hydrogen) atoms. The van der Waals surface area contributed by atoms with Crippen LogP contribution < -0.4 is 5.73 Å². The van der Waals surface area contributed by atoms with Crippen LogP contribution in [0.1, 0.15) is 57.8 Å². The zero-order chi connectivity index (χ0) is 18.5. The summed E-state index contributed by atoms with van der Waals surface area (Å²) in [7, 11) is 1.74. The minimum Gasteiger partial charge on any atom is -0.393 e. The first-order valence-electron chi connectivity index (χ1n) is 10.2. The molecule has 0 saturated carbocycles. The van der Waals surface area contributed by atoms with Crippen LogP contribution in [0.4, 0.5) is 0 Å². The van der Waals surface area contributed by atoms with Gasteiger partial charge in [-0.1, -0.05) is 29.9 Å². The molecule has 4 nitrogen and oxygen atoms in total. The van der Waals surface area contributed by atoms with Crippen molar-refractivity contribution in [3.05, 3.63) is 35.5 Å². The fourth-order valence-electron chi connectivity index (χ4n) is 5.02. The van der Waals surface area contributed by atoms with Crippen LogP contribution >= 0.6 is 0 Å². The molecule has 0 radical (unpaired) electrons. The van der Waals surface area contributed by atoms with Crippen LogP contribution in [-0.4, -0.2) is 43.2 Å². The van der Waals surface area contributed by atoms with E-state index in [1.807, 2.05) is 6.08 Å². The predicted molar refractivity (Wildman–Crippen MR) is 105 cm³/mol. The van der Waals surface area contributed by atoms with Gasteiger partial charge in [0.1, 0.15) is 0 Å². The molecule has 2 heterocycles. The zero-order valence-corrected chi connectivity index (χ0v) is 16.2. The predicted octanol–water partition coefficient (Wildman–Crippen LogP) is 3.65. The molecule has 146 valence electrons. The van der Waals surface area contributed by atoms with Crippen LogP contribution in [0, 0.1) is 5.92 Å². The molecule has 3 atom stereocenters. The van der Waals surface area contributed by atoms with Crippen LogP contribution in [0.15, 0.2) is 35.5 Å². The fourth-order valence-corrected chi connectivity index (χ4v) is 5.02. The van der Waals surface area contributed by atoms with E-state index < -0.39 is 5.60 Å². The molecule has 0 aromatic rings. The van der Waals surface area contributed by atoms with E-state index in [1.54, 1.807) is 12.7 Å². The second-order valence-electron chi connectivity index (χ2n) is 8.32. The second kappa shape index (κ2) is 8.83. The molecule has 3 rings (SSSR count). The molecule has 3 aliphatic rings. The van der Waals surface area contributed by atoms with Crippen molar-refractivity contribution in [3.8, 4) is 0 Å². The summed E-state index contributed by atoms with van der Waals surface area (Å²) in [6, 6.07) is 0. The van der Waals surface area contributed by atoms with Crippen molar-refractivity contribution in [1.29, 1.82) is 0 Å². The SMILES string of the molecule is COC[C@]12CC[C@](CO)(C[C@H](C(/C=C\CN)=C/CC3=CCCCC3)C1)O2. The Bertz CT molecular complexity index is 568.